The van der Waals surface area contributed by atoms with E-state index in [1.54, 1.807) is 7.11 Å². The van der Waals surface area contributed by atoms with E-state index < -0.39 is 0 Å². The summed E-state index contributed by atoms with van der Waals surface area (Å²) < 4.78 is 5.19. The van der Waals surface area contributed by atoms with Crippen LogP contribution in [0.2, 0.25) is 0 Å². The summed E-state index contributed by atoms with van der Waals surface area (Å²) in [5.74, 6) is 0.863. The maximum Gasteiger partial charge on any atom is 0.120 e. The molecule has 1 aromatic heterocycles. The minimum absolute atomic E-state index is 0.238. The third-order valence-corrected chi connectivity index (χ3v) is 2.91. The Hall–Kier alpha value is -1.48. The van der Waals surface area contributed by atoms with E-state index >= 15 is 0 Å². The highest BCUT2D eigenvalue weighted by atomic mass is 16.5. The summed E-state index contributed by atoms with van der Waals surface area (Å²) in [5, 5.41) is 10.1. The molecule has 1 aromatic carbocycles. The minimum atomic E-state index is 0.238. The molecule has 0 amide bonds. The molecule has 0 saturated carbocycles. The number of aromatic nitrogens is 1. The van der Waals surface area contributed by atoms with E-state index in [0.717, 1.165) is 24.1 Å². The van der Waals surface area contributed by atoms with Gasteiger partial charge in [0.25, 0.3) is 0 Å². The molecule has 0 bridgehead atoms. The van der Waals surface area contributed by atoms with E-state index in [-0.39, 0.29) is 6.61 Å². The highest BCUT2D eigenvalue weighted by Gasteiger charge is 2.08. The second-order valence-electron chi connectivity index (χ2n) is 3.97. The number of rotatable bonds is 4. The molecule has 0 atom stereocenters. The lowest BCUT2D eigenvalue weighted by molar-refractivity contribution is 0.288. The van der Waals surface area contributed by atoms with Crippen molar-refractivity contribution in [3.8, 4) is 5.75 Å². The van der Waals surface area contributed by atoms with Gasteiger partial charge in [-0.1, -0.05) is 0 Å². The number of hydrogen-bond donors (Lipinski definition) is 2. The molecule has 2 N–H and O–H groups in total. The van der Waals surface area contributed by atoms with Crippen molar-refractivity contribution >= 4 is 10.9 Å². The van der Waals surface area contributed by atoms with Crippen LogP contribution in [0.4, 0.5) is 0 Å². The number of aliphatic hydroxyl groups is 1. The first-order valence-corrected chi connectivity index (χ1v) is 5.52. The van der Waals surface area contributed by atoms with Crippen molar-refractivity contribution in [2.75, 3.05) is 13.7 Å². The average molecular weight is 219 g/mol. The predicted octanol–water partition coefficient (Wildman–Crippen LogP) is 2.41. The number of H-pyrrole nitrogens is 1. The van der Waals surface area contributed by atoms with Gasteiger partial charge in [0.05, 0.1) is 7.11 Å². The Balaban J connectivity index is 2.45. The van der Waals surface area contributed by atoms with Crippen LogP contribution in [0.3, 0.4) is 0 Å². The van der Waals surface area contributed by atoms with Crippen molar-refractivity contribution in [3.63, 3.8) is 0 Å². The fourth-order valence-corrected chi connectivity index (χ4v) is 2.07. The van der Waals surface area contributed by atoms with Gasteiger partial charge in [-0.3, -0.25) is 0 Å². The van der Waals surface area contributed by atoms with Gasteiger partial charge in [-0.25, -0.2) is 0 Å². The molecule has 1 heterocycles. The maximum atomic E-state index is 8.88. The monoisotopic (exact) mass is 219 g/mol. The van der Waals surface area contributed by atoms with Crippen LogP contribution in [0.1, 0.15) is 17.7 Å². The molecule has 2 rings (SSSR count). The molecule has 0 spiro atoms. The molecule has 0 aliphatic carbocycles. The number of hydrogen-bond acceptors (Lipinski definition) is 2. The molecule has 0 radical (unpaired) electrons. The van der Waals surface area contributed by atoms with Crippen LogP contribution in [0.5, 0.6) is 5.75 Å². The van der Waals surface area contributed by atoms with E-state index in [0.29, 0.717) is 0 Å². The Morgan fingerprint density at radius 1 is 1.38 bits per heavy atom. The van der Waals surface area contributed by atoms with Crippen molar-refractivity contribution in [1.82, 2.24) is 4.98 Å². The number of ether oxygens (including phenoxy) is 1. The zero-order valence-corrected chi connectivity index (χ0v) is 9.71. The zero-order valence-electron chi connectivity index (χ0n) is 9.71. The predicted molar refractivity (Wildman–Crippen MR) is 65.0 cm³/mol. The number of fused-ring (bicyclic) bond motifs is 1. The highest BCUT2D eigenvalue weighted by Crippen LogP contribution is 2.26. The second kappa shape index (κ2) is 4.58. The molecule has 86 valence electrons. The molecule has 0 unspecified atom stereocenters. The van der Waals surface area contributed by atoms with E-state index in [4.69, 9.17) is 9.84 Å². The first-order chi connectivity index (χ1) is 7.76. The lowest BCUT2D eigenvalue weighted by Crippen LogP contribution is -1.90. The van der Waals surface area contributed by atoms with E-state index in [2.05, 4.69) is 18.0 Å². The van der Waals surface area contributed by atoms with Gasteiger partial charge in [0.15, 0.2) is 0 Å². The summed E-state index contributed by atoms with van der Waals surface area (Å²) >= 11 is 0. The zero-order chi connectivity index (χ0) is 11.5. The SMILES string of the molecule is COc1ccc2c(CCCO)c(C)[nH]c2c1. The summed E-state index contributed by atoms with van der Waals surface area (Å²) in [4.78, 5) is 3.35. The van der Waals surface area contributed by atoms with Crippen molar-refractivity contribution in [2.45, 2.75) is 19.8 Å². The topological polar surface area (TPSA) is 45.2 Å². The van der Waals surface area contributed by atoms with Crippen LogP contribution in [0.15, 0.2) is 18.2 Å². The van der Waals surface area contributed by atoms with Gasteiger partial charge in [-0.15, -0.1) is 0 Å². The van der Waals surface area contributed by atoms with E-state index in [9.17, 15) is 0 Å². The van der Waals surface area contributed by atoms with Crippen molar-refractivity contribution in [1.29, 1.82) is 0 Å². The first kappa shape index (κ1) is 11.0. The average Bonchev–Trinajstić information content (AvgIpc) is 2.61. The third-order valence-electron chi connectivity index (χ3n) is 2.91. The molecule has 16 heavy (non-hydrogen) atoms. The van der Waals surface area contributed by atoms with Crippen molar-refractivity contribution in [3.05, 3.63) is 29.5 Å². The summed E-state index contributed by atoms with van der Waals surface area (Å²) in [5.41, 5.74) is 3.58. The van der Waals surface area contributed by atoms with Crippen LogP contribution < -0.4 is 4.74 Å². The number of methoxy groups -OCH3 is 1. The number of benzene rings is 1. The first-order valence-electron chi connectivity index (χ1n) is 5.52. The van der Waals surface area contributed by atoms with Crippen LogP contribution in [-0.2, 0) is 6.42 Å². The summed E-state index contributed by atoms with van der Waals surface area (Å²) in [6, 6.07) is 6.05. The van der Waals surface area contributed by atoms with Gasteiger partial charge in [-0.05, 0) is 37.5 Å². The van der Waals surface area contributed by atoms with Crippen LogP contribution >= 0.6 is 0 Å². The molecule has 0 aliphatic rings. The molecule has 0 saturated heterocycles. The Kier molecular flexibility index (Phi) is 3.15. The van der Waals surface area contributed by atoms with Crippen molar-refractivity contribution in [2.24, 2.45) is 0 Å². The third kappa shape index (κ3) is 1.91. The number of nitrogens with one attached hydrogen (secondary N) is 1. The van der Waals surface area contributed by atoms with E-state index in [1.165, 1.54) is 16.6 Å². The van der Waals surface area contributed by atoms with Gasteiger partial charge >= 0.3 is 0 Å². The van der Waals surface area contributed by atoms with Crippen molar-refractivity contribution < 1.29 is 9.84 Å². The fourth-order valence-electron chi connectivity index (χ4n) is 2.07. The lowest BCUT2D eigenvalue weighted by atomic mass is 10.1. The Morgan fingerprint density at radius 2 is 2.19 bits per heavy atom. The summed E-state index contributed by atoms with van der Waals surface area (Å²) in [6.07, 6.45) is 1.72. The Labute approximate surface area is 95.1 Å². The van der Waals surface area contributed by atoms with Gasteiger partial charge in [0.1, 0.15) is 5.75 Å². The van der Waals surface area contributed by atoms with Crippen LogP contribution in [0, 0.1) is 6.92 Å². The molecule has 2 aromatic rings. The van der Waals surface area contributed by atoms with Gasteiger partial charge < -0.3 is 14.8 Å². The van der Waals surface area contributed by atoms with Crippen LogP contribution in [0.25, 0.3) is 10.9 Å². The van der Waals surface area contributed by atoms with E-state index in [1.807, 2.05) is 12.1 Å². The van der Waals surface area contributed by atoms with Gasteiger partial charge in [0, 0.05) is 29.3 Å². The normalized spacial score (nSPS) is 10.9. The fraction of sp³-hybridized carbons (Fsp3) is 0.385. The standard InChI is InChI=1S/C13H17NO2/c1-9-11(4-3-7-15)12-6-5-10(16-2)8-13(12)14-9/h5-6,8,14-15H,3-4,7H2,1-2H3. The quantitative estimate of drug-likeness (QED) is 0.829. The molecule has 0 aliphatic heterocycles. The highest BCUT2D eigenvalue weighted by molar-refractivity contribution is 5.85. The smallest absolute Gasteiger partial charge is 0.120 e. The molecule has 0 fully saturated rings. The molecular formula is C13H17NO2. The minimum Gasteiger partial charge on any atom is -0.497 e. The number of aliphatic hydroxyl groups excluding tert-OH is 1. The molecule has 3 nitrogen and oxygen atoms in total. The second-order valence-corrected chi connectivity index (χ2v) is 3.97. The summed E-state index contributed by atoms with van der Waals surface area (Å²) in [6.45, 7) is 2.31. The van der Waals surface area contributed by atoms with Gasteiger partial charge in [-0.2, -0.15) is 0 Å². The molecular weight excluding hydrogens is 202 g/mol. The lowest BCUT2D eigenvalue weighted by Gasteiger charge is -2.01. The number of aromatic amines is 1. The van der Waals surface area contributed by atoms with Gasteiger partial charge in [0.2, 0.25) is 0 Å². The Morgan fingerprint density at radius 3 is 2.88 bits per heavy atom. The number of aryl methyl sites for hydroxylation is 2. The van der Waals surface area contributed by atoms with Crippen LogP contribution in [-0.4, -0.2) is 23.8 Å². The Bertz CT molecular complexity index is 488. The molecule has 3 heteroatoms. The summed E-state index contributed by atoms with van der Waals surface area (Å²) in [7, 11) is 1.67. The largest absolute Gasteiger partial charge is 0.497 e. The maximum absolute atomic E-state index is 8.88.